The smallest absolute Gasteiger partial charge is 0.0639 e. The lowest BCUT2D eigenvalue weighted by Gasteiger charge is -2.18. The van der Waals surface area contributed by atoms with Crippen LogP contribution in [0.2, 0.25) is 10.0 Å². The molecule has 0 saturated heterocycles. The molecule has 0 heterocycles. The van der Waals surface area contributed by atoms with Crippen LogP contribution in [-0.2, 0) is 0 Å². The highest BCUT2D eigenvalue weighted by Crippen LogP contribution is 2.29. The van der Waals surface area contributed by atoms with E-state index in [-0.39, 0.29) is 6.04 Å². The Balaban J connectivity index is 1.85. The van der Waals surface area contributed by atoms with Crippen LogP contribution in [0, 0.1) is 0 Å². The van der Waals surface area contributed by atoms with Gasteiger partial charge in [0, 0.05) is 6.04 Å². The highest BCUT2D eigenvalue weighted by atomic mass is 35.5. The van der Waals surface area contributed by atoms with Crippen molar-refractivity contribution >= 4 is 23.2 Å². The lowest BCUT2D eigenvalue weighted by Crippen LogP contribution is -2.20. The Morgan fingerprint density at radius 2 is 2.11 bits per heavy atom. The maximum Gasteiger partial charge on any atom is 0.0639 e. The second-order valence-corrected chi connectivity index (χ2v) is 5.96. The Labute approximate surface area is 126 Å². The van der Waals surface area contributed by atoms with Gasteiger partial charge >= 0.3 is 0 Å². The van der Waals surface area contributed by atoms with E-state index in [0.717, 1.165) is 18.5 Å². The van der Waals surface area contributed by atoms with Gasteiger partial charge in [-0.15, -0.1) is 0 Å². The molecule has 2 rings (SSSR count). The molecular formula is C16H21Cl2N. The van der Waals surface area contributed by atoms with E-state index in [2.05, 4.69) is 18.3 Å². The molecule has 0 amide bonds. The van der Waals surface area contributed by atoms with Gasteiger partial charge in [-0.05, 0) is 57.2 Å². The first-order chi connectivity index (χ1) is 9.18. The molecule has 0 bridgehead atoms. The summed E-state index contributed by atoms with van der Waals surface area (Å²) in [5, 5.41) is 4.83. The van der Waals surface area contributed by atoms with E-state index >= 15 is 0 Å². The van der Waals surface area contributed by atoms with Crippen LogP contribution in [0.15, 0.2) is 29.8 Å². The summed E-state index contributed by atoms with van der Waals surface area (Å²) in [6, 6.07) is 6.04. The quantitative estimate of drug-likeness (QED) is 0.704. The molecule has 3 heteroatoms. The van der Waals surface area contributed by atoms with Gasteiger partial charge < -0.3 is 5.32 Å². The van der Waals surface area contributed by atoms with Crippen molar-refractivity contribution in [2.45, 2.75) is 45.1 Å². The van der Waals surface area contributed by atoms with Crippen molar-refractivity contribution in [3.8, 4) is 0 Å². The molecule has 0 spiro atoms. The molecule has 1 atom stereocenters. The molecule has 0 fully saturated rings. The summed E-state index contributed by atoms with van der Waals surface area (Å²) in [4.78, 5) is 0. The zero-order chi connectivity index (χ0) is 13.7. The summed E-state index contributed by atoms with van der Waals surface area (Å²) in [5.41, 5.74) is 2.68. The molecule has 0 radical (unpaired) electrons. The van der Waals surface area contributed by atoms with E-state index in [1.54, 1.807) is 5.57 Å². The average Bonchev–Trinajstić information content (AvgIpc) is 2.43. The van der Waals surface area contributed by atoms with Crippen LogP contribution in [0.25, 0.3) is 0 Å². The monoisotopic (exact) mass is 297 g/mol. The molecular weight excluding hydrogens is 277 g/mol. The number of rotatable bonds is 5. The Morgan fingerprint density at radius 3 is 2.84 bits per heavy atom. The third kappa shape index (κ3) is 4.24. The molecule has 1 nitrogen and oxygen atoms in total. The Hall–Kier alpha value is -0.500. The Kier molecular flexibility index (Phi) is 5.75. The van der Waals surface area contributed by atoms with Gasteiger partial charge in [0.15, 0.2) is 0 Å². The predicted molar refractivity (Wildman–Crippen MR) is 84.0 cm³/mol. The van der Waals surface area contributed by atoms with Gasteiger partial charge in [-0.1, -0.05) is 47.0 Å². The van der Waals surface area contributed by atoms with Gasteiger partial charge in [0.2, 0.25) is 0 Å². The molecule has 0 saturated carbocycles. The van der Waals surface area contributed by atoms with Crippen molar-refractivity contribution in [3.05, 3.63) is 45.5 Å². The van der Waals surface area contributed by atoms with Crippen LogP contribution in [0.4, 0.5) is 0 Å². The molecule has 1 aliphatic carbocycles. The van der Waals surface area contributed by atoms with E-state index in [9.17, 15) is 0 Å². The van der Waals surface area contributed by atoms with Crippen LogP contribution in [0.3, 0.4) is 0 Å². The van der Waals surface area contributed by atoms with Crippen LogP contribution in [-0.4, -0.2) is 6.54 Å². The summed E-state index contributed by atoms with van der Waals surface area (Å²) in [6.45, 7) is 3.13. The van der Waals surface area contributed by atoms with Crippen LogP contribution >= 0.6 is 23.2 Å². The lowest BCUT2D eigenvalue weighted by atomic mass is 9.97. The van der Waals surface area contributed by atoms with E-state index in [1.165, 1.54) is 25.7 Å². The van der Waals surface area contributed by atoms with E-state index in [0.29, 0.717) is 10.0 Å². The molecule has 0 aliphatic heterocycles. The summed E-state index contributed by atoms with van der Waals surface area (Å²) >= 11 is 12.3. The number of halogens is 2. The van der Waals surface area contributed by atoms with E-state index in [4.69, 9.17) is 23.2 Å². The van der Waals surface area contributed by atoms with Gasteiger partial charge in [0.05, 0.1) is 10.0 Å². The first-order valence-electron chi connectivity index (χ1n) is 7.03. The van der Waals surface area contributed by atoms with Crippen molar-refractivity contribution in [2.24, 2.45) is 0 Å². The standard InChI is InChI=1S/C16H21Cl2N/c1-12(14-8-5-9-15(17)16(14)18)19-11-10-13-6-3-2-4-7-13/h5-6,8-9,12,19H,2-4,7,10-11H2,1H3. The summed E-state index contributed by atoms with van der Waals surface area (Å²) in [6.07, 6.45) is 8.77. The summed E-state index contributed by atoms with van der Waals surface area (Å²) < 4.78 is 0. The maximum absolute atomic E-state index is 6.23. The third-order valence-electron chi connectivity index (χ3n) is 3.73. The first kappa shape index (κ1) is 14.9. The highest BCUT2D eigenvalue weighted by molar-refractivity contribution is 6.42. The second kappa shape index (κ2) is 7.33. The van der Waals surface area contributed by atoms with Crippen LogP contribution < -0.4 is 5.32 Å². The van der Waals surface area contributed by atoms with Crippen molar-refractivity contribution in [1.82, 2.24) is 5.32 Å². The fourth-order valence-electron chi connectivity index (χ4n) is 2.55. The van der Waals surface area contributed by atoms with Crippen LogP contribution in [0.5, 0.6) is 0 Å². The molecule has 1 aliphatic rings. The normalized spacial score (nSPS) is 17.1. The zero-order valence-corrected chi connectivity index (χ0v) is 12.9. The highest BCUT2D eigenvalue weighted by Gasteiger charge is 2.11. The molecule has 104 valence electrons. The number of nitrogens with one attached hydrogen (secondary N) is 1. The Morgan fingerprint density at radius 1 is 1.26 bits per heavy atom. The van der Waals surface area contributed by atoms with Crippen molar-refractivity contribution in [1.29, 1.82) is 0 Å². The van der Waals surface area contributed by atoms with Gasteiger partial charge in [-0.3, -0.25) is 0 Å². The molecule has 1 aromatic carbocycles. The number of hydrogen-bond acceptors (Lipinski definition) is 1. The molecule has 1 unspecified atom stereocenters. The van der Waals surface area contributed by atoms with Gasteiger partial charge in [0.1, 0.15) is 0 Å². The average molecular weight is 298 g/mol. The minimum atomic E-state index is 0.232. The van der Waals surface area contributed by atoms with Gasteiger partial charge in [0.25, 0.3) is 0 Å². The summed E-state index contributed by atoms with van der Waals surface area (Å²) in [5.74, 6) is 0. The van der Waals surface area contributed by atoms with E-state index in [1.807, 2.05) is 18.2 Å². The van der Waals surface area contributed by atoms with Crippen molar-refractivity contribution in [3.63, 3.8) is 0 Å². The fraction of sp³-hybridized carbons (Fsp3) is 0.500. The SMILES string of the molecule is CC(NCCC1=CCCCC1)c1cccc(Cl)c1Cl. The minimum Gasteiger partial charge on any atom is -0.310 e. The second-order valence-electron chi connectivity index (χ2n) is 5.18. The molecule has 1 N–H and O–H groups in total. The zero-order valence-electron chi connectivity index (χ0n) is 11.4. The predicted octanol–water partition coefficient (Wildman–Crippen LogP) is 5.53. The summed E-state index contributed by atoms with van der Waals surface area (Å²) in [7, 11) is 0. The maximum atomic E-state index is 6.23. The van der Waals surface area contributed by atoms with E-state index < -0.39 is 0 Å². The van der Waals surface area contributed by atoms with Gasteiger partial charge in [-0.25, -0.2) is 0 Å². The minimum absolute atomic E-state index is 0.232. The molecule has 1 aromatic rings. The van der Waals surface area contributed by atoms with Crippen molar-refractivity contribution < 1.29 is 0 Å². The topological polar surface area (TPSA) is 12.0 Å². The largest absolute Gasteiger partial charge is 0.310 e. The van der Waals surface area contributed by atoms with Gasteiger partial charge in [-0.2, -0.15) is 0 Å². The third-order valence-corrected chi connectivity index (χ3v) is 4.56. The fourth-order valence-corrected chi connectivity index (χ4v) is 3.02. The number of allylic oxidation sites excluding steroid dienone is 1. The lowest BCUT2D eigenvalue weighted by molar-refractivity contribution is 0.562. The number of hydrogen-bond donors (Lipinski definition) is 1. The Bertz CT molecular complexity index is 454. The molecule has 0 aromatic heterocycles. The number of benzene rings is 1. The molecule has 19 heavy (non-hydrogen) atoms. The first-order valence-corrected chi connectivity index (χ1v) is 7.79. The van der Waals surface area contributed by atoms with Crippen LogP contribution in [0.1, 0.15) is 50.6 Å². The van der Waals surface area contributed by atoms with Crippen molar-refractivity contribution in [2.75, 3.05) is 6.54 Å².